The number of rotatable bonds is 5. The van der Waals surface area contributed by atoms with E-state index in [0.29, 0.717) is 11.7 Å². The Morgan fingerprint density at radius 3 is 2.50 bits per heavy atom. The van der Waals surface area contributed by atoms with E-state index in [4.69, 9.17) is 11.6 Å². The number of aromatic nitrogens is 1. The van der Waals surface area contributed by atoms with E-state index in [1.54, 1.807) is 19.3 Å². The highest BCUT2D eigenvalue weighted by molar-refractivity contribution is 14.0. The molecule has 0 amide bonds. The first-order chi connectivity index (χ1) is 10.2. The topological polar surface area (TPSA) is 49.3 Å². The van der Waals surface area contributed by atoms with Crippen molar-refractivity contribution >= 4 is 52.9 Å². The van der Waals surface area contributed by atoms with E-state index in [9.17, 15) is 0 Å². The summed E-state index contributed by atoms with van der Waals surface area (Å²) in [7, 11) is 1.77. The van der Waals surface area contributed by atoms with Crippen molar-refractivity contribution in [3.8, 4) is 0 Å². The molecule has 0 aliphatic rings. The molecular weight excluding hydrogens is 431 g/mol. The summed E-state index contributed by atoms with van der Waals surface area (Å²) in [5.74, 6) is 0.774. The molecule has 2 rings (SSSR count). The molecule has 0 saturated carbocycles. The van der Waals surface area contributed by atoms with Crippen molar-refractivity contribution in [3.05, 3.63) is 50.9 Å². The molecule has 2 heterocycles. The molecule has 2 aromatic rings. The molecule has 0 bridgehead atoms. The van der Waals surface area contributed by atoms with Gasteiger partial charge in [-0.05, 0) is 30.2 Å². The number of hydrogen-bond donors (Lipinski definition) is 2. The SMILES string of the molecule is CCc1ccc(CNC(=NC)NCc2ccc(Cl)nc2)s1.I. The van der Waals surface area contributed by atoms with Crippen LogP contribution in [0.5, 0.6) is 0 Å². The predicted octanol–water partition coefficient (Wildman–Crippen LogP) is 3.84. The third-order valence-electron chi connectivity index (χ3n) is 2.97. The summed E-state index contributed by atoms with van der Waals surface area (Å²) in [6, 6.07) is 8.07. The summed E-state index contributed by atoms with van der Waals surface area (Å²) in [4.78, 5) is 11.0. The van der Waals surface area contributed by atoms with Gasteiger partial charge in [-0.3, -0.25) is 4.99 Å². The summed E-state index contributed by atoms with van der Waals surface area (Å²) < 4.78 is 0. The fourth-order valence-electron chi connectivity index (χ4n) is 1.80. The maximum Gasteiger partial charge on any atom is 0.191 e. The van der Waals surface area contributed by atoms with Crippen molar-refractivity contribution in [2.45, 2.75) is 26.4 Å². The highest BCUT2D eigenvalue weighted by Crippen LogP contribution is 2.16. The molecule has 0 unspecified atom stereocenters. The molecule has 0 aromatic carbocycles. The van der Waals surface area contributed by atoms with Gasteiger partial charge in [-0.15, -0.1) is 35.3 Å². The Balaban J connectivity index is 0.00000242. The lowest BCUT2D eigenvalue weighted by Gasteiger charge is -2.11. The van der Waals surface area contributed by atoms with Gasteiger partial charge in [-0.2, -0.15) is 0 Å². The number of nitrogens with zero attached hydrogens (tertiary/aromatic N) is 2. The van der Waals surface area contributed by atoms with Gasteiger partial charge in [0.05, 0.1) is 6.54 Å². The Labute approximate surface area is 157 Å². The zero-order valence-electron chi connectivity index (χ0n) is 12.6. The molecular formula is C15H20ClIN4S. The quantitative estimate of drug-likeness (QED) is 0.315. The molecule has 2 N–H and O–H groups in total. The van der Waals surface area contributed by atoms with Gasteiger partial charge in [0.1, 0.15) is 5.15 Å². The third kappa shape index (κ3) is 6.10. The minimum Gasteiger partial charge on any atom is -0.352 e. The minimum atomic E-state index is 0. The monoisotopic (exact) mass is 450 g/mol. The van der Waals surface area contributed by atoms with Crippen LogP contribution in [0.25, 0.3) is 0 Å². The number of thiophene rings is 1. The van der Waals surface area contributed by atoms with Crippen LogP contribution in [0, 0.1) is 0 Å². The van der Waals surface area contributed by atoms with Gasteiger partial charge in [0.2, 0.25) is 0 Å². The molecule has 120 valence electrons. The maximum absolute atomic E-state index is 5.77. The second-order valence-corrected chi connectivity index (χ2v) is 6.13. The maximum atomic E-state index is 5.77. The molecule has 0 atom stereocenters. The van der Waals surface area contributed by atoms with Gasteiger partial charge in [-0.25, -0.2) is 4.98 Å². The summed E-state index contributed by atoms with van der Waals surface area (Å²) >= 11 is 7.60. The summed E-state index contributed by atoms with van der Waals surface area (Å²) in [5.41, 5.74) is 1.06. The molecule has 0 aliphatic carbocycles. The zero-order valence-corrected chi connectivity index (χ0v) is 16.5. The fourth-order valence-corrected chi connectivity index (χ4v) is 2.81. The van der Waals surface area contributed by atoms with Crippen LogP contribution >= 0.6 is 46.9 Å². The van der Waals surface area contributed by atoms with Crippen LogP contribution in [0.3, 0.4) is 0 Å². The van der Waals surface area contributed by atoms with Crippen LogP contribution in [0.4, 0.5) is 0 Å². The van der Waals surface area contributed by atoms with E-state index >= 15 is 0 Å². The van der Waals surface area contributed by atoms with Gasteiger partial charge >= 0.3 is 0 Å². The van der Waals surface area contributed by atoms with E-state index in [2.05, 4.69) is 39.7 Å². The molecule has 7 heteroatoms. The Bertz CT molecular complexity index is 598. The van der Waals surface area contributed by atoms with Gasteiger partial charge in [0, 0.05) is 29.5 Å². The Hall–Kier alpha value is -0.860. The van der Waals surface area contributed by atoms with E-state index < -0.39 is 0 Å². The first-order valence-electron chi connectivity index (χ1n) is 6.83. The normalized spacial score (nSPS) is 11.0. The number of aryl methyl sites for hydroxylation is 1. The number of hydrogen-bond acceptors (Lipinski definition) is 3. The van der Waals surface area contributed by atoms with Crippen molar-refractivity contribution < 1.29 is 0 Å². The second-order valence-electron chi connectivity index (χ2n) is 4.49. The highest BCUT2D eigenvalue weighted by atomic mass is 127. The Kier molecular flexibility index (Phi) is 8.74. The van der Waals surface area contributed by atoms with Crippen LogP contribution in [0.2, 0.25) is 5.15 Å². The lowest BCUT2D eigenvalue weighted by molar-refractivity contribution is 0.813. The van der Waals surface area contributed by atoms with Crippen LogP contribution in [0.15, 0.2) is 35.5 Å². The van der Waals surface area contributed by atoms with Gasteiger partial charge in [0.25, 0.3) is 0 Å². The third-order valence-corrected chi connectivity index (χ3v) is 4.42. The van der Waals surface area contributed by atoms with Crippen LogP contribution < -0.4 is 10.6 Å². The summed E-state index contributed by atoms with van der Waals surface area (Å²) in [6.45, 7) is 3.61. The van der Waals surface area contributed by atoms with Crippen molar-refractivity contribution in [2.24, 2.45) is 4.99 Å². The molecule has 2 aromatic heterocycles. The second kappa shape index (κ2) is 10.0. The van der Waals surface area contributed by atoms with E-state index in [0.717, 1.165) is 24.5 Å². The van der Waals surface area contributed by atoms with Gasteiger partial charge in [-0.1, -0.05) is 24.6 Å². The van der Waals surface area contributed by atoms with Gasteiger partial charge in [0.15, 0.2) is 5.96 Å². The average molecular weight is 451 g/mol. The summed E-state index contributed by atoms with van der Waals surface area (Å²) in [6.07, 6.45) is 2.84. The highest BCUT2D eigenvalue weighted by Gasteiger charge is 2.02. The van der Waals surface area contributed by atoms with E-state index in [1.165, 1.54) is 9.75 Å². The first kappa shape index (κ1) is 19.2. The molecule has 0 radical (unpaired) electrons. The van der Waals surface area contributed by atoms with Crippen LogP contribution in [0.1, 0.15) is 22.2 Å². The van der Waals surface area contributed by atoms with E-state index in [1.807, 2.05) is 17.4 Å². The van der Waals surface area contributed by atoms with Gasteiger partial charge < -0.3 is 10.6 Å². The van der Waals surface area contributed by atoms with Crippen molar-refractivity contribution in [3.63, 3.8) is 0 Å². The molecule has 0 spiro atoms. The number of nitrogens with one attached hydrogen (secondary N) is 2. The number of guanidine groups is 1. The van der Waals surface area contributed by atoms with Crippen molar-refractivity contribution in [1.29, 1.82) is 0 Å². The van der Waals surface area contributed by atoms with Crippen LogP contribution in [-0.2, 0) is 19.5 Å². The number of halogens is 2. The van der Waals surface area contributed by atoms with E-state index in [-0.39, 0.29) is 24.0 Å². The lowest BCUT2D eigenvalue weighted by atomic mass is 10.3. The Morgan fingerprint density at radius 1 is 1.18 bits per heavy atom. The molecule has 0 aliphatic heterocycles. The van der Waals surface area contributed by atoms with Crippen molar-refractivity contribution in [1.82, 2.24) is 15.6 Å². The standard InChI is InChI=1S/C15H19ClN4S.HI/c1-3-12-5-6-13(21-12)10-20-15(17-2)19-9-11-4-7-14(16)18-8-11;/h4-8H,3,9-10H2,1-2H3,(H2,17,19,20);1H. The average Bonchev–Trinajstić information content (AvgIpc) is 2.97. The predicted molar refractivity (Wildman–Crippen MR) is 105 cm³/mol. The molecule has 22 heavy (non-hydrogen) atoms. The molecule has 4 nitrogen and oxygen atoms in total. The minimum absolute atomic E-state index is 0. The number of pyridine rings is 1. The lowest BCUT2D eigenvalue weighted by Crippen LogP contribution is -2.36. The number of aliphatic imine (C=N–C) groups is 1. The zero-order chi connectivity index (χ0) is 15.1. The van der Waals surface area contributed by atoms with Crippen LogP contribution in [-0.4, -0.2) is 18.0 Å². The molecule has 0 fully saturated rings. The Morgan fingerprint density at radius 2 is 1.91 bits per heavy atom. The van der Waals surface area contributed by atoms with Crippen molar-refractivity contribution in [2.75, 3.05) is 7.05 Å². The smallest absolute Gasteiger partial charge is 0.191 e. The first-order valence-corrected chi connectivity index (χ1v) is 8.03. The summed E-state index contributed by atoms with van der Waals surface area (Å²) in [5, 5.41) is 7.07. The molecule has 0 saturated heterocycles. The largest absolute Gasteiger partial charge is 0.352 e. The fraction of sp³-hybridized carbons (Fsp3) is 0.333.